The van der Waals surface area contributed by atoms with Crippen LogP contribution in [0.3, 0.4) is 0 Å². The highest BCUT2D eigenvalue weighted by Gasteiger charge is 2.16. The van der Waals surface area contributed by atoms with Crippen LogP contribution < -0.4 is 11.5 Å². The zero-order valence-corrected chi connectivity index (χ0v) is 16.0. The molecule has 3 aromatic rings. The van der Waals surface area contributed by atoms with Crippen LogP contribution in [-0.4, -0.2) is 26.5 Å². The summed E-state index contributed by atoms with van der Waals surface area (Å²) in [5, 5.41) is 18.4. The first-order valence-electron chi connectivity index (χ1n) is 7.87. The normalized spacial score (nSPS) is 10.9. The van der Waals surface area contributed by atoms with Crippen molar-refractivity contribution in [2.75, 3.05) is 0 Å². The highest BCUT2D eigenvalue weighted by molar-refractivity contribution is 7.17. The maximum absolute atomic E-state index is 10.8. The summed E-state index contributed by atoms with van der Waals surface area (Å²) in [4.78, 5) is 17.1. The number of hydrogen-bond donors (Lipinski definition) is 2. The van der Waals surface area contributed by atoms with Crippen LogP contribution in [0.5, 0.6) is 0 Å². The van der Waals surface area contributed by atoms with Gasteiger partial charge in [0.25, 0.3) is 5.69 Å². The van der Waals surface area contributed by atoms with Crippen molar-refractivity contribution in [3.8, 4) is 11.3 Å². The third-order valence-corrected chi connectivity index (χ3v) is 4.65. The average molecular weight is 408 g/mol. The number of aromatic nitrogens is 2. The van der Waals surface area contributed by atoms with Crippen molar-refractivity contribution in [2.24, 2.45) is 21.7 Å². The number of fused-ring (bicyclic) bond motifs is 1. The van der Waals surface area contributed by atoms with Crippen molar-refractivity contribution in [3.05, 3.63) is 51.1 Å². The lowest BCUT2D eigenvalue weighted by Gasteiger charge is -2.00. The molecule has 0 aliphatic carbocycles. The van der Waals surface area contributed by atoms with Crippen molar-refractivity contribution in [2.45, 2.75) is 19.8 Å². The minimum absolute atomic E-state index is 0. The Morgan fingerprint density at radius 3 is 2.67 bits per heavy atom. The number of aryl methyl sites for hydroxylation is 1. The molecule has 9 nitrogen and oxygen atoms in total. The summed E-state index contributed by atoms with van der Waals surface area (Å²) in [6, 6.07) is 6.22. The summed E-state index contributed by atoms with van der Waals surface area (Å²) in [5.74, 6) is -0.143. The summed E-state index contributed by atoms with van der Waals surface area (Å²) in [6.07, 6.45) is 5.54. The molecule has 0 spiro atoms. The molecule has 11 heteroatoms. The molecule has 0 bridgehead atoms. The summed E-state index contributed by atoms with van der Waals surface area (Å²) in [5.41, 5.74) is 12.8. The zero-order chi connectivity index (χ0) is 18.7. The molecular formula is C16H18ClN7O2S. The Kier molecular flexibility index (Phi) is 6.48. The van der Waals surface area contributed by atoms with Gasteiger partial charge in [0.2, 0.25) is 5.96 Å². The Morgan fingerprint density at radius 1 is 1.37 bits per heavy atom. The van der Waals surface area contributed by atoms with Crippen molar-refractivity contribution >= 4 is 46.6 Å². The number of rotatable bonds is 6. The van der Waals surface area contributed by atoms with Gasteiger partial charge in [0.1, 0.15) is 0 Å². The Morgan fingerprint density at radius 2 is 2.07 bits per heavy atom. The lowest BCUT2D eigenvalue weighted by atomic mass is 10.1. The molecule has 0 atom stereocenters. The molecule has 4 N–H and O–H groups in total. The number of benzene rings is 1. The van der Waals surface area contributed by atoms with Crippen LogP contribution in [0.2, 0.25) is 0 Å². The van der Waals surface area contributed by atoms with Gasteiger partial charge in [-0.2, -0.15) is 5.10 Å². The first kappa shape index (κ1) is 20.3. The van der Waals surface area contributed by atoms with Gasteiger partial charge < -0.3 is 11.5 Å². The Labute approximate surface area is 165 Å². The number of guanidine groups is 1. The summed E-state index contributed by atoms with van der Waals surface area (Å²) >= 11 is 1.60. The van der Waals surface area contributed by atoms with Crippen molar-refractivity contribution in [1.82, 2.24) is 9.38 Å². The van der Waals surface area contributed by atoms with Gasteiger partial charge in [0.15, 0.2) is 4.96 Å². The molecule has 2 heterocycles. The van der Waals surface area contributed by atoms with Crippen LogP contribution >= 0.6 is 23.7 Å². The molecule has 0 radical (unpaired) electrons. The minimum atomic E-state index is -0.437. The Hall–Kier alpha value is -2.98. The minimum Gasteiger partial charge on any atom is -0.369 e. The third kappa shape index (κ3) is 4.41. The Balaban J connectivity index is 0.00000261. The molecular weight excluding hydrogens is 390 g/mol. The van der Waals surface area contributed by atoms with Gasteiger partial charge in [-0.15, -0.1) is 28.8 Å². The number of thiazole rings is 1. The molecule has 0 aliphatic heterocycles. The first-order valence-corrected chi connectivity index (χ1v) is 8.68. The van der Waals surface area contributed by atoms with E-state index in [2.05, 4.69) is 22.1 Å². The fourth-order valence-corrected chi connectivity index (χ4v) is 3.58. The highest BCUT2D eigenvalue weighted by atomic mass is 35.5. The number of imidazole rings is 1. The maximum Gasteiger partial charge on any atom is 0.269 e. The van der Waals surface area contributed by atoms with Gasteiger partial charge in [-0.3, -0.25) is 14.5 Å². The summed E-state index contributed by atoms with van der Waals surface area (Å²) < 4.78 is 1.93. The predicted octanol–water partition coefficient (Wildman–Crippen LogP) is 2.95. The number of nitro groups is 1. The number of non-ortho nitro benzene ring substituents is 1. The van der Waals surface area contributed by atoms with E-state index in [1.807, 2.05) is 10.6 Å². The standard InChI is InChI=1S/C16H17N7O2S.ClH/c1-2-3-12-9-22-13(8-19-21-15(17)18)14(20-16(22)26-12)10-4-6-11(7-5-10)23(24)25;/h4-9H,2-3H2,1H3,(H4,17,18,21);1H/b19-8+;. The molecule has 0 saturated heterocycles. The fraction of sp³-hybridized carbons (Fsp3) is 0.188. The topological polar surface area (TPSA) is 137 Å². The van der Waals surface area contributed by atoms with E-state index in [1.165, 1.54) is 23.2 Å². The quantitative estimate of drug-likeness (QED) is 0.280. The molecule has 142 valence electrons. The van der Waals surface area contributed by atoms with Crippen LogP contribution in [0.1, 0.15) is 23.9 Å². The van der Waals surface area contributed by atoms with Gasteiger partial charge >= 0.3 is 0 Å². The van der Waals surface area contributed by atoms with E-state index in [9.17, 15) is 10.1 Å². The number of halogens is 1. The molecule has 0 unspecified atom stereocenters. The van der Waals surface area contributed by atoms with Gasteiger partial charge in [-0.25, -0.2) is 4.98 Å². The van der Waals surface area contributed by atoms with Gasteiger partial charge in [-0.05, 0) is 18.6 Å². The van der Waals surface area contributed by atoms with Gasteiger partial charge in [-0.1, -0.05) is 13.3 Å². The Bertz CT molecular complexity index is 1000. The van der Waals surface area contributed by atoms with E-state index in [0.29, 0.717) is 11.4 Å². The molecule has 3 rings (SSSR count). The van der Waals surface area contributed by atoms with E-state index in [-0.39, 0.29) is 24.1 Å². The molecule has 0 aliphatic rings. The lowest BCUT2D eigenvalue weighted by Crippen LogP contribution is -2.21. The van der Waals surface area contributed by atoms with Gasteiger partial charge in [0.05, 0.1) is 22.5 Å². The monoisotopic (exact) mass is 407 g/mol. The zero-order valence-electron chi connectivity index (χ0n) is 14.4. The lowest BCUT2D eigenvalue weighted by molar-refractivity contribution is -0.384. The van der Waals surface area contributed by atoms with Crippen LogP contribution in [0, 0.1) is 10.1 Å². The van der Waals surface area contributed by atoms with E-state index in [1.54, 1.807) is 23.5 Å². The fourth-order valence-electron chi connectivity index (χ4n) is 2.50. The number of nitro benzene ring substituents is 1. The smallest absolute Gasteiger partial charge is 0.269 e. The molecule has 2 aromatic heterocycles. The molecule has 0 amide bonds. The molecule has 0 saturated carbocycles. The van der Waals surface area contributed by atoms with Crippen LogP contribution in [0.25, 0.3) is 16.2 Å². The average Bonchev–Trinajstić information content (AvgIpc) is 3.13. The van der Waals surface area contributed by atoms with Gasteiger partial charge in [0, 0.05) is 28.8 Å². The highest BCUT2D eigenvalue weighted by Crippen LogP contribution is 2.29. The molecule has 1 aromatic carbocycles. The maximum atomic E-state index is 10.8. The second kappa shape index (κ2) is 8.60. The van der Waals surface area contributed by atoms with E-state index >= 15 is 0 Å². The third-order valence-electron chi connectivity index (χ3n) is 3.61. The number of nitrogens with zero attached hydrogens (tertiary/aromatic N) is 5. The largest absolute Gasteiger partial charge is 0.369 e. The van der Waals surface area contributed by atoms with E-state index in [4.69, 9.17) is 11.5 Å². The number of nitrogens with two attached hydrogens (primary N) is 2. The van der Waals surface area contributed by atoms with Crippen LogP contribution in [-0.2, 0) is 6.42 Å². The van der Waals surface area contributed by atoms with Crippen LogP contribution in [0.15, 0.2) is 40.7 Å². The predicted molar refractivity (Wildman–Crippen MR) is 110 cm³/mol. The first-order chi connectivity index (χ1) is 12.5. The van der Waals surface area contributed by atoms with E-state index < -0.39 is 4.92 Å². The number of hydrogen-bond acceptors (Lipinski definition) is 6. The summed E-state index contributed by atoms with van der Waals surface area (Å²) in [7, 11) is 0. The summed E-state index contributed by atoms with van der Waals surface area (Å²) in [6.45, 7) is 2.12. The van der Waals surface area contributed by atoms with Crippen LogP contribution in [0.4, 0.5) is 5.69 Å². The molecule has 0 fully saturated rings. The van der Waals surface area contributed by atoms with Crippen molar-refractivity contribution in [3.63, 3.8) is 0 Å². The second-order valence-corrected chi connectivity index (χ2v) is 6.61. The van der Waals surface area contributed by atoms with Crippen molar-refractivity contribution in [1.29, 1.82) is 0 Å². The second-order valence-electron chi connectivity index (χ2n) is 5.52. The van der Waals surface area contributed by atoms with E-state index in [0.717, 1.165) is 23.4 Å². The molecule has 27 heavy (non-hydrogen) atoms. The van der Waals surface area contributed by atoms with Crippen molar-refractivity contribution < 1.29 is 4.92 Å². The SMILES string of the molecule is CCCc1cn2c(/C=N/N=C(N)N)c(-c3ccc([N+](=O)[O-])cc3)nc2s1.Cl.